The lowest BCUT2D eigenvalue weighted by Crippen LogP contribution is -2.49. The van der Waals surface area contributed by atoms with Crippen LogP contribution in [0.25, 0.3) is 16.2 Å². The van der Waals surface area contributed by atoms with Gasteiger partial charge in [0, 0.05) is 43.4 Å². The summed E-state index contributed by atoms with van der Waals surface area (Å²) in [6.45, 7) is 4.90. The Morgan fingerprint density at radius 3 is 2.93 bits per heavy atom. The summed E-state index contributed by atoms with van der Waals surface area (Å²) in [5.74, 6) is 0.897. The van der Waals surface area contributed by atoms with Crippen LogP contribution in [-0.2, 0) is 0 Å². The average molecular weight is 403 g/mol. The number of nitrogens with zero attached hydrogens (tertiary/aromatic N) is 5. The Hall–Kier alpha value is -1.94. The molecule has 1 unspecified atom stereocenters. The summed E-state index contributed by atoms with van der Waals surface area (Å²) in [6, 6.07) is 4.27. The molecule has 3 aromatic rings. The number of thiazole rings is 1. The van der Waals surface area contributed by atoms with E-state index in [2.05, 4.69) is 22.1 Å². The summed E-state index contributed by atoms with van der Waals surface area (Å²) >= 11 is 2.94. The molecule has 0 bridgehead atoms. The first-order valence-corrected chi connectivity index (χ1v) is 10.5. The van der Waals surface area contributed by atoms with Gasteiger partial charge < -0.3 is 10.2 Å². The first-order valence-electron chi connectivity index (χ1n) is 8.83. The van der Waals surface area contributed by atoms with Crippen LogP contribution in [0.5, 0.6) is 0 Å². The lowest BCUT2D eigenvalue weighted by molar-refractivity contribution is 0.482. The number of piperazine rings is 1. The summed E-state index contributed by atoms with van der Waals surface area (Å²) < 4.78 is 3.85. The molecule has 9 heteroatoms. The summed E-state index contributed by atoms with van der Waals surface area (Å²) in [5.41, 5.74) is 0.658. The molecule has 1 atom stereocenters. The topological polar surface area (TPSA) is 66.3 Å². The predicted molar refractivity (Wildman–Crippen MR) is 112 cm³/mol. The maximum absolute atomic E-state index is 13.0. The fourth-order valence-electron chi connectivity index (χ4n) is 3.23. The molecule has 0 spiro atoms. The lowest BCUT2D eigenvalue weighted by Gasteiger charge is -2.32. The van der Waals surface area contributed by atoms with Gasteiger partial charge in [-0.05, 0) is 45.1 Å². The molecule has 3 aromatic heterocycles. The number of fused-ring (bicyclic) bond motifs is 1. The quantitative estimate of drug-likeness (QED) is 0.671. The summed E-state index contributed by atoms with van der Waals surface area (Å²) in [6.07, 6.45) is 3.62. The van der Waals surface area contributed by atoms with Crippen molar-refractivity contribution in [2.75, 3.05) is 38.6 Å². The van der Waals surface area contributed by atoms with Crippen LogP contribution >= 0.6 is 23.3 Å². The first kappa shape index (κ1) is 18.4. The molecule has 0 saturated carbocycles. The monoisotopic (exact) mass is 402 g/mol. The van der Waals surface area contributed by atoms with Gasteiger partial charge >= 0.3 is 0 Å². The second-order valence-electron chi connectivity index (χ2n) is 6.75. The third-order valence-corrected chi connectivity index (χ3v) is 6.03. The Morgan fingerprint density at radius 1 is 1.37 bits per heavy atom. The largest absolute Gasteiger partial charge is 0.354 e. The molecule has 4 rings (SSSR count). The van der Waals surface area contributed by atoms with E-state index in [-0.39, 0.29) is 5.43 Å². The molecule has 27 heavy (non-hydrogen) atoms. The number of nitrogens with one attached hydrogen (secondary N) is 1. The van der Waals surface area contributed by atoms with E-state index in [4.69, 9.17) is 4.98 Å². The Labute approximate surface area is 166 Å². The van der Waals surface area contributed by atoms with E-state index in [0.717, 1.165) is 30.6 Å². The fraction of sp³-hybridized carbons (Fsp3) is 0.389. The Morgan fingerprint density at radius 2 is 2.22 bits per heavy atom. The van der Waals surface area contributed by atoms with Crippen molar-refractivity contribution >= 4 is 40.1 Å². The van der Waals surface area contributed by atoms with Gasteiger partial charge in [0.1, 0.15) is 5.82 Å². The van der Waals surface area contributed by atoms with Gasteiger partial charge in [-0.3, -0.25) is 13.7 Å². The third-order valence-electron chi connectivity index (χ3n) is 4.40. The highest BCUT2D eigenvalue weighted by molar-refractivity contribution is 7.97. The SMILES string of the molecule is CC1CN(c2ccc3c(=O)c(SN(C)C)cn(-c4nccs4)c3n2)CCN1. The van der Waals surface area contributed by atoms with Gasteiger partial charge in [-0.25, -0.2) is 9.97 Å². The Kier molecular flexibility index (Phi) is 5.18. The molecule has 1 N–H and O–H groups in total. The van der Waals surface area contributed by atoms with Gasteiger partial charge in [0.15, 0.2) is 10.8 Å². The van der Waals surface area contributed by atoms with E-state index in [9.17, 15) is 4.79 Å². The van der Waals surface area contributed by atoms with Crippen molar-refractivity contribution in [1.29, 1.82) is 0 Å². The molecule has 1 aliphatic rings. The number of pyridine rings is 2. The lowest BCUT2D eigenvalue weighted by atomic mass is 10.2. The predicted octanol–water partition coefficient (Wildman–Crippen LogP) is 2.21. The summed E-state index contributed by atoms with van der Waals surface area (Å²) in [4.78, 5) is 25.2. The van der Waals surface area contributed by atoms with Crippen molar-refractivity contribution in [1.82, 2.24) is 24.2 Å². The fourth-order valence-corrected chi connectivity index (χ4v) is 4.58. The zero-order valence-electron chi connectivity index (χ0n) is 15.5. The molecule has 1 saturated heterocycles. The van der Waals surface area contributed by atoms with Gasteiger partial charge in [-0.1, -0.05) is 0 Å². The van der Waals surface area contributed by atoms with E-state index in [1.54, 1.807) is 6.20 Å². The zero-order chi connectivity index (χ0) is 19.0. The highest BCUT2D eigenvalue weighted by atomic mass is 32.2. The van der Waals surface area contributed by atoms with Crippen molar-refractivity contribution in [3.63, 3.8) is 0 Å². The Balaban J connectivity index is 1.88. The van der Waals surface area contributed by atoms with Crippen LogP contribution < -0.4 is 15.6 Å². The first-order chi connectivity index (χ1) is 13.0. The highest BCUT2D eigenvalue weighted by Crippen LogP contribution is 2.25. The molecule has 0 amide bonds. The second-order valence-corrected chi connectivity index (χ2v) is 8.98. The molecule has 7 nitrogen and oxygen atoms in total. The minimum Gasteiger partial charge on any atom is -0.354 e. The minimum atomic E-state index is 0.00392. The highest BCUT2D eigenvalue weighted by Gasteiger charge is 2.20. The molecule has 1 fully saturated rings. The maximum Gasteiger partial charge on any atom is 0.205 e. The van der Waals surface area contributed by atoms with Gasteiger partial charge in [0.2, 0.25) is 5.43 Å². The van der Waals surface area contributed by atoms with Crippen LogP contribution in [0.2, 0.25) is 0 Å². The third kappa shape index (κ3) is 3.73. The molecule has 142 valence electrons. The van der Waals surface area contributed by atoms with Crippen molar-refractivity contribution < 1.29 is 0 Å². The smallest absolute Gasteiger partial charge is 0.205 e. The molecule has 0 aromatic carbocycles. The summed E-state index contributed by atoms with van der Waals surface area (Å²) in [5, 5.41) is 6.80. The maximum atomic E-state index is 13.0. The van der Waals surface area contributed by atoms with Crippen LogP contribution in [0.15, 0.2) is 39.6 Å². The molecule has 0 aliphatic carbocycles. The minimum absolute atomic E-state index is 0.00392. The Bertz CT molecular complexity index is 1000. The van der Waals surface area contributed by atoms with E-state index >= 15 is 0 Å². The van der Waals surface area contributed by atoms with Gasteiger partial charge in [-0.2, -0.15) is 0 Å². The average Bonchev–Trinajstić information content (AvgIpc) is 3.18. The van der Waals surface area contributed by atoms with Crippen LogP contribution in [0.4, 0.5) is 5.82 Å². The van der Waals surface area contributed by atoms with E-state index in [0.29, 0.717) is 22.0 Å². The van der Waals surface area contributed by atoms with Crippen LogP contribution in [-0.4, -0.2) is 58.6 Å². The zero-order valence-corrected chi connectivity index (χ0v) is 17.2. The van der Waals surface area contributed by atoms with Gasteiger partial charge in [0.05, 0.1) is 10.3 Å². The normalized spacial score (nSPS) is 17.8. The molecular weight excluding hydrogens is 380 g/mol. The number of rotatable bonds is 4. The van der Waals surface area contributed by atoms with Crippen molar-refractivity contribution in [3.8, 4) is 5.13 Å². The van der Waals surface area contributed by atoms with Gasteiger partial charge in [0.25, 0.3) is 0 Å². The van der Waals surface area contributed by atoms with Crippen LogP contribution in [0.1, 0.15) is 6.92 Å². The van der Waals surface area contributed by atoms with Crippen molar-refractivity contribution in [2.24, 2.45) is 0 Å². The second kappa shape index (κ2) is 7.59. The van der Waals surface area contributed by atoms with E-state index < -0.39 is 0 Å². The number of aromatic nitrogens is 3. The van der Waals surface area contributed by atoms with Crippen molar-refractivity contribution in [2.45, 2.75) is 17.9 Å². The van der Waals surface area contributed by atoms with Crippen LogP contribution in [0.3, 0.4) is 0 Å². The molecule has 4 heterocycles. The van der Waals surface area contributed by atoms with Gasteiger partial charge in [-0.15, -0.1) is 11.3 Å². The standard InChI is InChI=1S/C18H22N6OS2/c1-12-10-23(8-6-19-12)15-5-4-13-16(25)14(27-22(2)3)11-24(17(13)21-15)18-20-7-9-26-18/h4-5,7,9,11-12,19H,6,8,10H2,1-3H3. The van der Waals surface area contributed by atoms with E-state index in [1.165, 1.54) is 23.3 Å². The summed E-state index contributed by atoms with van der Waals surface area (Å²) in [7, 11) is 3.85. The number of hydrogen-bond acceptors (Lipinski definition) is 8. The van der Waals surface area contributed by atoms with E-state index in [1.807, 2.05) is 46.7 Å². The number of hydrogen-bond donors (Lipinski definition) is 1. The molecule has 1 aliphatic heterocycles. The molecular formula is C18H22N6OS2. The van der Waals surface area contributed by atoms with Crippen molar-refractivity contribution in [3.05, 3.63) is 40.1 Å². The number of anilines is 1. The molecule has 0 radical (unpaired) electrons. The van der Waals surface area contributed by atoms with Crippen LogP contribution in [0, 0.1) is 0 Å².